The van der Waals surface area contributed by atoms with Gasteiger partial charge in [0.1, 0.15) is 0 Å². The van der Waals surface area contributed by atoms with Gasteiger partial charge in [0.2, 0.25) is 0 Å². The number of halogens is 2. The summed E-state index contributed by atoms with van der Waals surface area (Å²) in [5.41, 5.74) is 0.970. The number of ether oxygens (including phenoxy) is 1. The molecule has 0 bridgehead atoms. The summed E-state index contributed by atoms with van der Waals surface area (Å²) in [6.07, 6.45) is -1.12. The van der Waals surface area contributed by atoms with Gasteiger partial charge in [-0.05, 0) is 49.4 Å². The zero-order chi connectivity index (χ0) is 19.1. The van der Waals surface area contributed by atoms with Gasteiger partial charge >= 0.3 is 5.97 Å². The predicted octanol–water partition coefficient (Wildman–Crippen LogP) is 4.53. The Morgan fingerprint density at radius 3 is 2.35 bits per heavy atom. The third kappa shape index (κ3) is 6.17. The summed E-state index contributed by atoms with van der Waals surface area (Å²) in [5, 5.41) is 3.61. The molecular formula is C19H17Cl2NO4. The molecule has 0 heterocycles. The fourth-order valence-electron chi connectivity index (χ4n) is 2.12. The lowest BCUT2D eigenvalue weighted by Gasteiger charge is -2.13. The molecule has 2 aromatic carbocycles. The van der Waals surface area contributed by atoms with Gasteiger partial charge < -0.3 is 10.1 Å². The van der Waals surface area contributed by atoms with Crippen molar-refractivity contribution in [3.05, 3.63) is 64.1 Å². The number of nitrogens with one attached hydrogen (secondary N) is 1. The second-order valence-corrected chi connectivity index (χ2v) is 6.43. The van der Waals surface area contributed by atoms with E-state index in [1.807, 2.05) is 0 Å². The molecular weight excluding hydrogens is 377 g/mol. The zero-order valence-corrected chi connectivity index (χ0v) is 15.5. The summed E-state index contributed by atoms with van der Waals surface area (Å²) in [5.74, 6) is -1.31. The number of carbonyl (C=O) groups is 3. The SMILES string of the molecule is CC(OC(=O)CCC(=O)c1ccc(Cl)cc1)C(=O)Nc1cccc(Cl)c1. The van der Waals surface area contributed by atoms with E-state index in [2.05, 4.69) is 5.32 Å². The van der Waals surface area contributed by atoms with Crippen molar-refractivity contribution in [2.45, 2.75) is 25.9 Å². The summed E-state index contributed by atoms with van der Waals surface area (Å²) >= 11 is 11.6. The number of rotatable bonds is 7. The molecule has 0 fully saturated rings. The molecule has 0 aliphatic rings. The monoisotopic (exact) mass is 393 g/mol. The van der Waals surface area contributed by atoms with Crippen molar-refractivity contribution >= 4 is 46.5 Å². The predicted molar refractivity (Wildman–Crippen MR) is 101 cm³/mol. The highest BCUT2D eigenvalue weighted by Gasteiger charge is 2.19. The number of carbonyl (C=O) groups excluding carboxylic acids is 3. The summed E-state index contributed by atoms with van der Waals surface area (Å²) in [7, 11) is 0. The van der Waals surface area contributed by atoms with E-state index in [4.69, 9.17) is 27.9 Å². The van der Waals surface area contributed by atoms with Crippen molar-refractivity contribution < 1.29 is 19.1 Å². The van der Waals surface area contributed by atoms with Crippen molar-refractivity contribution in [1.29, 1.82) is 0 Å². The molecule has 7 heteroatoms. The number of hydrogen-bond donors (Lipinski definition) is 1. The molecule has 1 unspecified atom stereocenters. The zero-order valence-electron chi connectivity index (χ0n) is 14.0. The number of amides is 1. The van der Waals surface area contributed by atoms with Crippen LogP contribution >= 0.6 is 23.2 Å². The van der Waals surface area contributed by atoms with Gasteiger partial charge in [0, 0.05) is 27.7 Å². The quantitative estimate of drug-likeness (QED) is 0.553. The van der Waals surface area contributed by atoms with Crippen LogP contribution in [0.5, 0.6) is 0 Å². The fourth-order valence-corrected chi connectivity index (χ4v) is 2.43. The average Bonchev–Trinajstić information content (AvgIpc) is 2.60. The molecule has 0 aliphatic carbocycles. The molecule has 2 rings (SSSR count). The molecule has 0 saturated heterocycles. The molecule has 0 radical (unpaired) electrons. The van der Waals surface area contributed by atoms with Gasteiger partial charge in [-0.3, -0.25) is 14.4 Å². The molecule has 26 heavy (non-hydrogen) atoms. The third-order valence-electron chi connectivity index (χ3n) is 3.49. The first kappa shape index (κ1) is 19.9. The summed E-state index contributed by atoms with van der Waals surface area (Å²) in [6, 6.07) is 13.0. The molecule has 1 N–H and O–H groups in total. The van der Waals surface area contributed by atoms with Crippen LogP contribution in [0.4, 0.5) is 5.69 Å². The molecule has 0 spiro atoms. The van der Waals surface area contributed by atoms with E-state index in [1.165, 1.54) is 6.92 Å². The van der Waals surface area contributed by atoms with Crippen molar-refractivity contribution in [3.8, 4) is 0 Å². The lowest BCUT2D eigenvalue weighted by molar-refractivity contribution is -0.153. The number of benzene rings is 2. The molecule has 136 valence electrons. The summed E-state index contributed by atoms with van der Waals surface area (Å²) < 4.78 is 5.06. The number of anilines is 1. The van der Waals surface area contributed by atoms with Crippen LogP contribution in [0.25, 0.3) is 0 Å². The van der Waals surface area contributed by atoms with Crippen LogP contribution in [0.3, 0.4) is 0 Å². The van der Waals surface area contributed by atoms with Gasteiger partial charge in [0.05, 0.1) is 6.42 Å². The summed E-state index contributed by atoms with van der Waals surface area (Å²) in [6.45, 7) is 1.46. The Labute approximate surface area is 161 Å². The number of hydrogen-bond acceptors (Lipinski definition) is 4. The van der Waals surface area contributed by atoms with Crippen LogP contribution in [0.2, 0.25) is 10.0 Å². The standard InChI is InChI=1S/C19H17Cl2NO4/c1-12(19(25)22-16-4-2-3-15(21)11-16)26-18(24)10-9-17(23)13-5-7-14(20)8-6-13/h2-8,11-12H,9-10H2,1H3,(H,22,25). The molecule has 1 atom stereocenters. The minimum Gasteiger partial charge on any atom is -0.453 e. The fraction of sp³-hybridized carbons (Fsp3) is 0.211. The maximum Gasteiger partial charge on any atom is 0.307 e. The van der Waals surface area contributed by atoms with E-state index in [1.54, 1.807) is 48.5 Å². The normalized spacial score (nSPS) is 11.5. The number of Topliss-reactive ketones (excluding diaryl/α,β-unsaturated/α-hetero) is 1. The Morgan fingerprint density at radius 2 is 1.69 bits per heavy atom. The van der Waals surface area contributed by atoms with Gasteiger partial charge in [-0.15, -0.1) is 0 Å². The first-order chi connectivity index (χ1) is 12.3. The molecule has 0 aromatic heterocycles. The summed E-state index contributed by atoms with van der Waals surface area (Å²) in [4.78, 5) is 35.9. The maximum atomic E-state index is 12.0. The Kier molecular flexibility index (Phi) is 7.18. The van der Waals surface area contributed by atoms with Crippen molar-refractivity contribution in [3.63, 3.8) is 0 Å². The highest BCUT2D eigenvalue weighted by atomic mass is 35.5. The highest BCUT2D eigenvalue weighted by Crippen LogP contribution is 2.16. The topological polar surface area (TPSA) is 72.5 Å². The second kappa shape index (κ2) is 9.36. The van der Waals surface area contributed by atoms with Gasteiger partial charge in [-0.2, -0.15) is 0 Å². The minimum absolute atomic E-state index is 0.0108. The largest absolute Gasteiger partial charge is 0.453 e. The van der Waals surface area contributed by atoms with Crippen molar-refractivity contribution in [1.82, 2.24) is 0 Å². The Hall–Kier alpha value is -2.37. The minimum atomic E-state index is -0.993. The maximum absolute atomic E-state index is 12.0. The highest BCUT2D eigenvalue weighted by molar-refractivity contribution is 6.31. The molecule has 2 aromatic rings. The van der Waals surface area contributed by atoms with Crippen LogP contribution in [0.15, 0.2) is 48.5 Å². The molecule has 0 aliphatic heterocycles. The van der Waals surface area contributed by atoms with Crippen LogP contribution in [-0.2, 0) is 14.3 Å². The van der Waals surface area contributed by atoms with Gasteiger partial charge in [-0.25, -0.2) is 0 Å². The number of esters is 1. The van der Waals surface area contributed by atoms with Crippen LogP contribution in [-0.4, -0.2) is 23.8 Å². The lowest BCUT2D eigenvalue weighted by atomic mass is 10.1. The molecule has 0 saturated carbocycles. The Bertz CT molecular complexity index is 805. The third-order valence-corrected chi connectivity index (χ3v) is 3.98. The van der Waals surface area contributed by atoms with E-state index in [-0.39, 0.29) is 18.6 Å². The smallest absolute Gasteiger partial charge is 0.307 e. The molecule has 1 amide bonds. The van der Waals surface area contributed by atoms with E-state index in [9.17, 15) is 14.4 Å². The van der Waals surface area contributed by atoms with Crippen LogP contribution < -0.4 is 5.32 Å². The Morgan fingerprint density at radius 1 is 1.00 bits per heavy atom. The van der Waals surface area contributed by atoms with Gasteiger partial charge in [0.25, 0.3) is 5.91 Å². The first-order valence-electron chi connectivity index (χ1n) is 7.90. The van der Waals surface area contributed by atoms with E-state index >= 15 is 0 Å². The first-order valence-corrected chi connectivity index (χ1v) is 8.65. The van der Waals surface area contributed by atoms with Crippen molar-refractivity contribution in [2.75, 3.05) is 5.32 Å². The average molecular weight is 394 g/mol. The van der Waals surface area contributed by atoms with Crippen LogP contribution in [0, 0.1) is 0 Å². The Balaban J connectivity index is 1.80. The van der Waals surface area contributed by atoms with E-state index < -0.39 is 18.0 Å². The van der Waals surface area contributed by atoms with Crippen molar-refractivity contribution in [2.24, 2.45) is 0 Å². The van der Waals surface area contributed by atoms with E-state index in [0.717, 1.165) is 0 Å². The van der Waals surface area contributed by atoms with E-state index in [0.29, 0.717) is 21.3 Å². The van der Waals surface area contributed by atoms with Crippen LogP contribution in [0.1, 0.15) is 30.1 Å². The second-order valence-electron chi connectivity index (χ2n) is 5.56. The van der Waals surface area contributed by atoms with Gasteiger partial charge in [-0.1, -0.05) is 29.3 Å². The van der Waals surface area contributed by atoms with Gasteiger partial charge in [0.15, 0.2) is 11.9 Å². The number of ketones is 1. The lowest BCUT2D eigenvalue weighted by Crippen LogP contribution is -2.30. The molecule has 5 nitrogen and oxygen atoms in total.